The lowest BCUT2D eigenvalue weighted by Gasteiger charge is -2.18. The van der Waals surface area contributed by atoms with Crippen molar-refractivity contribution < 1.29 is 10.2 Å². The molecule has 2 atom stereocenters. The Bertz CT molecular complexity index is 315. The molecule has 0 heterocycles. The molecule has 1 aromatic rings. The van der Waals surface area contributed by atoms with Crippen LogP contribution in [-0.2, 0) is 0 Å². The van der Waals surface area contributed by atoms with Gasteiger partial charge in [-0.3, -0.25) is 0 Å². The molecule has 2 unspecified atom stereocenters. The maximum absolute atomic E-state index is 9.65. The average Bonchev–Trinajstić information content (AvgIpc) is 2.15. The third kappa shape index (κ3) is 2.23. The first kappa shape index (κ1) is 11.0. The minimum Gasteiger partial charge on any atom is -0.398 e. The molecule has 0 amide bonds. The first-order valence-corrected chi connectivity index (χ1v) is 4.48. The predicted octanol–water partition coefficient (Wildman–Crippen LogP) is -0.0698. The number of rotatable bonds is 3. The Morgan fingerprint density at radius 3 is 2.50 bits per heavy atom. The Morgan fingerprint density at radius 2 is 2.00 bits per heavy atom. The van der Waals surface area contributed by atoms with Gasteiger partial charge in [-0.15, -0.1) is 0 Å². The van der Waals surface area contributed by atoms with Crippen LogP contribution in [0.5, 0.6) is 0 Å². The van der Waals surface area contributed by atoms with Crippen LogP contribution >= 0.6 is 0 Å². The topological polar surface area (TPSA) is 92.5 Å². The fourth-order valence-electron chi connectivity index (χ4n) is 1.30. The minimum atomic E-state index is -1.01. The minimum absolute atomic E-state index is 0.00842. The molecule has 14 heavy (non-hydrogen) atoms. The number of aliphatic hydroxyl groups is 2. The molecule has 0 aliphatic heterocycles. The molecular formula is C10H16N2O2. The number of benzene rings is 1. The summed E-state index contributed by atoms with van der Waals surface area (Å²) in [5.41, 5.74) is 13.0. The van der Waals surface area contributed by atoms with E-state index in [4.69, 9.17) is 11.5 Å². The van der Waals surface area contributed by atoms with Crippen molar-refractivity contribution in [3.8, 4) is 0 Å². The largest absolute Gasteiger partial charge is 0.398 e. The number of hydrogen-bond donors (Lipinski definition) is 4. The summed E-state index contributed by atoms with van der Waals surface area (Å²) < 4.78 is 0. The second kappa shape index (κ2) is 4.41. The highest BCUT2D eigenvalue weighted by Gasteiger charge is 2.18. The van der Waals surface area contributed by atoms with Gasteiger partial charge >= 0.3 is 0 Å². The summed E-state index contributed by atoms with van der Waals surface area (Å²) in [5, 5.41) is 19.0. The zero-order valence-electron chi connectivity index (χ0n) is 8.14. The number of nitrogens with two attached hydrogens (primary N) is 2. The molecule has 0 aliphatic carbocycles. The maximum Gasteiger partial charge on any atom is 0.108 e. The summed E-state index contributed by atoms with van der Waals surface area (Å²) in [6.45, 7) is 1.92. The van der Waals surface area contributed by atoms with Gasteiger partial charge in [-0.2, -0.15) is 0 Å². The van der Waals surface area contributed by atoms with E-state index < -0.39 is 12.2 Å². The molecule has 6 N–H and O–H groups in total. The molecule has 1 aromatic carbocycles. The van der Waals surface area contributed by atoms with Crippen molar-refractivity contribution in [3.63, 3.8) is 0 Å². The standard InChI is InChI=1S/C10H16N2O2/c1-6-2-3-7(8(12)4-6)10(14)9(13)5-11/h2-4,9-10,13-14H,5,11-12H2,1H3. The molecule has 0 spiro atoms. The van der Waals surface area contributed by atoms with Gasteiger partial charge in [0.15, 0.2) is 0 Å². The van der Waals surface area contributed by atoms with Crippen molar-refractivity contribution in [2.45, 2.75) is 19.1 Å². The monoisotopic (exact) mass is 196 g/mol. The highest BCUT2D eigenvalue weighted by molar-refractivity contribution is 5.50. The first-order chi connectivity index (χ1) is 6.56. The van der Waals surface area contributed by atoms with Crippen LogP contribution in [0, 0.1) is 6.92 Å². The zero-order chi connectivity index (χ0) is 10.7. The van der Waals surface area contributed by atoms with Crippen molar-refractivity contribution in [1.82, 2.24) is 0 Å². The second-order valence-corrected chi connectivity index (χ2v) is 3.38. The third-order valence-corrected chi connectivity index (χ3v) is 2.17. The lowest BCUT2D eigenvalue weighted by atomic mass is 10.0. The van der Waals surface area contributed by atoms with E-state index in [1.54, 1.807) is 12.1 Å². The van der Waals surface area contributed by atoms with Crippen molar-refractivity contribution in [2.75, 3.05) is 12.3 Å². The second-order valence-electron chi connectivity index (χ2n) is 3.38. The van der Waals surface area contributed by atoms with E-state index in [2.05, 4.69) is 0 Å². The van der Waals surface area contributed by atoms with Crippen LogP contribution in [0.2, 0.25) is 0 Å². The lowest BCUT2D eigenvalue weighted by Crippen LogP contribution is -2.27. The first-order valence-electron chi connectivity index (χ1n) is 4.48. The van der Waals surface area contributed by atoms with E-state index in [1.807, 2.05) is 13.0 Å². The van der Waals surface area contributed by atoms with Gasteiger partial charge < -0.3 is 21.7 Å². The molecule has 78 valence electrons. The predicted molar refractivity (Wildman–Crippen MR) is 55.6 cm³/mol. The van der Waals surface area contributed by atoms with E-state index in [1.165, 1.54) is 0 Å². The number of nitrogen functional groups attached to an aromatic ring is 1. The van der Waals surface area contributed by atoms with Gasteiger partial charge in [0.1, 0.15) is 6.10 Å². The smallest absolute Gasteiger partial charge is 0.108 e. The Balaban J connectivity index is 2.95. The summed E-state index contributed by atoms with van der Waals surface area (Å²) >= 11 is 0. The number of aryl methyl sites for hydroxylation is 1. The van der Waals surface area contributed by atoms with Crippen LogP contribution in [0.4, 0.5) is 5.69 Å². The molecule has 0 saturated carbocycles. The number of anilines is 1. The van der Waals surface area contributed by atoms with E-state index in [0.717, 1.165) is 5.56 Å². The fourth-order valence-corrected chi connectivity index (χ4v) is 1.30. The van der Waals surface area contributed by atoms with E-state index in [0.29, 0.717) is 11.3 Å². The van der Waals surface area contributed by atoms with Gasteiger partial charge in [0.2, 0.25) is 0 Å². The Kier molecular flexibility index (Phi) is 3.46. The average molecular weight is 196 g/mol. The number of aliphatic hydroxyl groups excluding tert-OH is 2. The summed E-state index contributed by atoms with van der Waals surface area (Å²) in [5.74, 6) is 0. The van der Waals surface area contributed by atoms with Gasteiger partial charge in [-0.1, -0.05) is 12.1 Å². The third-order valence-electron chi connectivity index (χ3n) is 2.17. The van der Waals surface area contributed by atoms with Crippen LogP contribution < -0.4 is 11.5 Å². The summed E-state index contributed by atoms with van der Waals surface area (Å²) in [6.07, 6.45) is -1.99. The zero-order valence-corrected chi connectivity index (χ0v) is 8.14. The molecule has 0 saturated heterocycles. The van der Waals surface area contributed by atoms with Gasteiger partial charge in [0.25, 0.3) is 0 Å². The van der Waals surface area contributed by atoms with Crippen LogP contribution in [-0.4, -0.2) is 22.9 Å². The molecule has 0 bridgehead atoms. The van der Waals surface area contributed by atoms with Crippen molar-refractivity contribution in [2.24, 2.45) is 5.73 Å². The van der Waals surface area contributed by atoms with Crippen molar-refractivity contribution in [3.05, 3.63) is 29.3 Å². The van der Waals surface area contributed by atoms with Crippen molar-refractivity contribution >= 4 is 5.69 Å². The molecular weight excluding hydrogens is 180 g/mol. The quantitative estimate of drug-likeness (QED) is 0.509. The Morgan fingerprint density at radius 1 is 1.36 bits per heavy atom. The van der Waals surface area contributed by atoms with Gasteiger partial charge in [0, 0.05) is 17.8 Å². The molecule has 1 rings (SSSR count). The maximum atomic E-state index is 9.65. The summed E-state index contributed by atoms with van der Waals surface area (Å²) in [6, 6.07) is 5.29. The van der Waals surface area contributed by atoms with E-state index in [-0.39, 0.29) is 6.54 Å². The van der Waals surface area contributed by atoms with E-state index >= 15 is 0 Å². The Hall–Kier alpha value is -1.10. The summed E-state index contributed by atoms with van der Waals surface area (Å²) in [4.78, 5) is 0. The Labute approximate surface area is 83.2 Å². The lowest BCUT2D eigenvalue weighted by molar-refractivity contribution is 0.0248. The van der Waals surface area contributed by atoms with Crippen LogP contribution in [0.3, 0.4) is 0 Å². The molecule has 0 radical (unpaired) electrons. The van der Waals surface area contributed by atoms with Gasteiger partial charge in [0.05, 0.1) is 6.10 Å². The highest BCUT2D eigenvalue weighted by atomic mass is 16.3. The van der Waals surface area contributed by atoms with Crippen LogP contribution in [0.25, 0.3) is 0 Å². The highest BCUT2D eigenvalue weighted by Crippen LogP contribution is 2.23. The molecule has 4 nitrogen and oxygen atoms in total. The molecule has 0 aliphatic rings. The molecule has 0 aromatic heterocycles. The van der Waals surface area contributed by atoms with Gasteiger partial charge in [-0.05, 0) is 18.6 Å². The van der Waals surface area contributed by atoms with Crippen LogP contribution in [0.1, 0.15) is 17.2 Å². The number of hydrogen-bond acceptors (Lipinski definition) is 4. The SMILES string of the molecule is Cc1ccc(C(O)C(O)CN)c(N)c1. The summed E-state index contributed by atoms with van der Waals surface area (Å²) in [7, 11) is 0. The van der Waals surface area contributed by atoms with Crippen molar-refractivity contribution in [1.29, 1.82) is 0 Å². The van der Waals surface area contributed by atoms with Gasteiger partial charge in [-0.25, -0.2) is 0 Å². The molecule has 0 fully saturated rings. The molecule has 4 heteroatoms. The van der Waals surface area contributed by atoms with E-state index in [9.17, 15) is 10.2 Å². The fraction of sp³-hybridized carbons (Fsp3) is 0.400. The van der Waals surface area contributed by atoms with Crippen LogP contribution in [0.15, 0.2) is 18.2 Å². The normalized spacial score (nSPS) is 15.1.